The summed E-state index contributed by atoms with van der Waals surface area (Å²) in [5, 5.41) is 27.9. The molecule has 7 nitrogen and oxygen atoms in total. The minimum atomic E-state index is -0.505. The molecule has 2 heterocycles. The van der Waals surface area contributed by atoms with Crippen LogP contribution in [0.25, 0.3) is 0 Å². The number of aromatic nitrogens is 2. The summed E-state index contributed by atoms with van der Waals surface area (Å²) in [5.41, 5.74) is 10.0. The average molecular weight is 463 g/mol. The number of rotatable bonds is 4. The highest BCUT2D eigenvalue weighted by atomic mass is 32.2. The van der Waals surface area contributed by atoms with Gasteiger partial charge < -0.3 is 5.73 Å². The van der Waals surface area contributed by atoms with Crippen LogP contribution >= 0.6 is 23.1 Å². The fraction of sp³-hybridized carbons (Fsp3) is 0.348. The van der Waals surface area contributed by atoms with E-state index < -0.39 is 5.92 Å². The molecule has 1 aliphatic carbocycles. The number of Topliss-reactive ketones (excluding diaryl/α,β-unsaturated/α-hetero) is 1. The third-order valence-electron chi connectivity index (χ3n) is 5.60. The normalized spacial score (nSPS) is 20.1. The maximum Gasteiger partial charge on any atom is 0.219 e. The standard InChI is InChI=1S/C23H22N6OS2/c1-13-5-4-6-14(9-13)18-15(12-25)20(26)29(21-27-28-22(32-21)31-8-7-24)16-10-23(2,3)11-17(30)19(16)18/h4-6,9,18H,8,10-11,26H2,1-3H3. The summed E-state index contributed by atoms with van der Waals surface area (Å²) < 4.78 is 0.636. The Morgan fingerprint density at radius 2 is 2.09 bits per heavy atom. The number of anilines is 1. The number of allylic oxidation sites excluding steroid dienone is 3. The highest BCUT2D eigenvalue weighted by Gasteiger charge is 2.45. The summed E-state index contributed by atoms with van der Waals surface area (Å²) in [6.07, 6.45) is 1.02. The van der Waals surface area contributed by atoms with Crippen molar-refractivity contribution < 1.29 is 4.79 Å². The van der Waals surface area contributed by atoms with E-state index in [1.165, 1.54) is 23.1 Å². The van der Waals surface area contributed by atoms with Crippen molar-refractivity contribution in [2.45, 2.75) is 43.9 Å². The smallest absolute Gasteiger partial charge is 0.219 e. The van der Waals surface area contributed by atoms with Gasteiger partial charge in [0, 0.05) is 17.7 Å². The van der Waals surface area contributed by atoms with E-state index in [9.17, 15) is 10.1 Å². The number of benzene rings is 1. The molecule has 2 aromatic rings. The Morgan fingerprint density at radius 3 is 2.78 bits per heavy atom. The van der Waals surface area contributed by atoms with Crippen LogP contribution in [0.3, 0.4) is 0 Å². The number of carbonyl (C=O) groups excluding carboxylic acids is 1. The van der Waals surface area contributed by atoms with Gasteiger partial charge in [0.05, 0.1) is 29.4 Å². The lowest BCUT2D eigenvalue weighted by atomic mass is 9.68. The molecular weight excluding hydrogens is 440 g/mol. The van der Waals surface area contributed by atoms with E-state index in [4.69, 9.17) is 11.0 Å². The van der Waals surface area contributed by atoms with E-state index in [1.807, 2.05) is 31.2 Å². The van der Waals surface area contributed by atoms with Gasteiger partial charge in [0.1, 0.15) is 5.82 Å². The van der Waals surface area contributed by atoms with Crippen molar-refractivity contribution in [3.63, 3.8) is 0 Å². The topological polar surface area (TPSA) is 120 Å². The van der Waals surface area contributed by atoms with Crippen LogP contribution in [0, 0.1) is 35.0 Å². The van der Waals surface area contributed by atoms with Gasteiger partial charge in [0.25, 0.3) is 0 Å². The molecule has 2 aliphatic rings. The van der Waals surface area contributed by atoms with E-state index in [0.717, 1.165) is 16.8 Å². The molecule has 0 fully saturated rings. The van der Waals surface area contributed by atoms with Gasteiger partial charge in [-0.3, -0.25) is 9.69 Å². The van der Waals surface area contributed by atoms with Crippen molar-refractivity contribution in [3.8, 4) is 12.1 Å². The SMILES string of the molecule is Cc1cccc(C2C(C#N)=C(N)N(c3nnc(SCC#N)s3)C3=C2C(=O)CC(C)(C)C3)c1. The third kappa shape index (κ3) is 3.90. The number of hydrogen-bond acceptors (Lipinski definition) is 9. The monoisotopic (exact) mass is 462 g/mol. The maximum atomic E-state index is 13.5. The van der Waals surface area contributed by atoms with Crippen molar-refractivity contribution in [1.29, 1.82) is 10.5 Å². The molecule has 0 bridgehead atoms. The minimum Gasteiger partial charge on any atom is -0.384 e. The van der Waals surface area contributed by atoms with Crippen LogP contribution in [-0.4, -0.2) is 21.7 Å². The fourth-order valence-electron chi connectivity index (χ4n) is 4.36. The van der Waals surface area contributed by atoms with Gasteiger partial charge in [-0.15, -0.1) is 10.2 Å². The molecule has 1 unspecified atom stereocenters. The van der Waals surface area contributed by atoms with Crippen LogP contribution in [-0.2, 0) is 4.79 Å². The van der Waals surface area contributed by atoms with Crippen LogP contribution in [0.4, 0.5) is 5.13 Å². The van der Waals surface area contributed by atoms with Crippen LogP contribution in [0.15, 0.2) is 51.3 Å². The number of aryl methyl sites for hydroxylation is 1. The van der Waals surface area contributed by atoms with E-state index in [-0.39, 0.29) is 22.8 Å². The van der Waals surface area contributed by atoms with Gasteiger partial charge in [-0.25, -0.2) is 0 Å². The molecule has 0 radical (unpaired) electrons. The summed E-state index contributed by atoms with van der Waals surface area (Å²) in [6, 6.07) is 12.2. The fourth-order valence-corrected chi connectivity index (χ4v) is 5.90. The minimum absolute atomic E-state index is 0.0246. The third-order valence-corrected chi connectivity index (χ3v) is 7.51. The van der Waals surface area contributed by atoms with Crippen LogP contribution < -0.4 is 10.6 Å². The van der Waals surface area contributed by atoms with Crippen molar-refractivity contribution in [2.75, 3.05) is 10.7 Å². The molecule has 0 spiro atoms. The zero-order chi connectivity index (χ0) is 23.0. The van der Waals surface area contributed by atoms with Gasteiger partial charge in [0.15, 0.2) is 10.1 Å². The van der Waals surface area contributed by atoms with Crippen LogP contribution in [0.5, 0.6) is 0 Å². The molecule has 0 saturated heterocycles. The number of nitriles is 2. The largest absolute Gasteiger partial charge is 0.384 e. The molecule has 32 heavy (non-hydrogen) atoms. The highest BCUT2D eigenvalue weighted by Crippen LogP contribution is 2.50. The van der Waals surface area contributed by atoms with Gasteiger partial charge in [-0.05, 0) is 24.3 Å². The molecule has 0 saturated carbocycles. The first-order valence-corrected chi connectivity index (χ1v) is 11.9. The second-order valence-electron chi connectivity index (χ2n) is 8.69. The lowest BCUT2D eigenvalue weighted by molar-refractivity contribution is -0.118. The Kier molecular flexibility index (Phi) is 5.81. The number of thioether (sulfide) groups is 1. The Bertz CT molecular complexity index is 1240. The quantitative estimate of drug-likeness (QED) is 0.664. The lowest BCUT2D eigenvalue weighted by Gasteiger charge is -2.42. The van der Waals surface area contributed by atoms with Crippen molar-refractivity contribution >= 4 is 34.0 Å². The van der Waals surface area contributed by atoms with Gasteiger partial charge in [-0.2, -0.15) is 10.5 Å². The molecule has 1 aliphatic heterocycles. The van der Waals surface area contributed by atoms with Crippen molar-refractivity contribution in [3.05, 3.63) is 58.1 Å². The van der Waals surface area contributed by atoms with E-state index >= 15 is 0 Å². The first-order chi connectivity index (χ1) is 15.3. The summed E-state index contributed by atoms with van der Waals surface area (Å²) in [5.74, 6) is 0.0566. The number of nitrogens with zero attached hydrogens (tertiary/aromatic N) is 5. The van der Waals surface area contributed by atoms with Crippen LogP contribution in [0.2, 0.25) is 0 Å². The second kappa shape index (κ2) is 8.42. The summed E-state index contributed by atoms with van der Waals surface area (Å²) in [6.45, 7) is 6.10. The zero-order valence-electron chi connectivity index (χ0n) is 18.0. The molecule has 2 N–H and O–H groups in total. The van der Waals surface area contributed by atoms with E-state index in [1.54, 1.807) is 4.90 Å². The Labute approximate surface area is 195 Å². The van der Waals surface area contributed by atoms with E-state index in [2.05, 4.69) is 36.2 Å². The number of nitrogens with two attached hydrogens (primary N) is 1. The first kappa shape index (κ1) is 22.1. The van der Waals surface area contributed by atoms with E-state index in [0.29, 0.717) is 33.5 Å². The van der Waals surface area contributed by atoms with Gasteiger partial charge in [-0.1, -0.05) is 66.8 Å². The maximum absolute atomic E-state index is 13.5. The van der Waals surface area contributed by atoms with Crippen molar-refractivity contribution in [2.24, 2.45) is 11.1 Å². The Balaban J connectivity index is 1.93. The summed E-state index contributed by atoms with van der Waals surface area (Å²) in [7, 11) is 0. The number of hydrogen-bond donors (Lipinski definition) is 1. The summed E-state index contributed by atoms with van der Waals surface area (Å²) >= 11 is 2.59. The molecular formula is C23H22N6OS2. The molecule has 162 valence electrons. The molecule has 1 atom stereocenters. The zero-order valence-corrected chi connectivity index (χ0v) is 19.7. The molecule has 1 aromatic carbocycles. The molecule has 0 amide bonds. The molecule has 4 rings (SSSR count). The lowest BCUT2D eigenvalue weighted by Crippen LogP contribution is -2.42. The summed E-state index contributed by atoms with van der Waals surface area (Å²) in [4.78, 5) is 15.2. The first-order valence-electron chi connectivity index (χ1n) is 10.1. The number of carbonyl (C=O) groups is 1. The highest BCUT2D eigenvalue weighted by molar-refractivity contribution is 8.01. The predicted molar refractivity (Wildman–Crippen MR) is 125 cm³/mol. The predicted octanol–water partition coefficient (Wildman–Crippen LogP) is 4.40. The van der Waals surface area contributed by atoms with Crippen LogP contribution in [0.1, 0.15) is 43.7 Å². The Morgan fingerprint density at radius 1 is 1.31 bits per heavy atom. The second-order valence-corrected chi connectivity index (χ2v) is 10.9. The number of ketones is 1. The molecule has 9 heteroatoms. The van der Waals surface area contributed by atoms with Crippen molar-refractivity contribution in [1.82, 2.24) is 10.2 Å². The molecule has 1 aromatic heterocycles. The van der Waals surface area contributed by atoms with Gasteiger partial charge >= 0.3 is 0 Å². The average Bonchev–Trinajstić information content (AvgIpc) is 3.18. The Hall–Kier alpha value is -3.14. The van der Waals surface area contributed by atoms with Gasteiger partial charge in [0.2, 0.25) is 5.13 Å².